The third-order valence-corrected chi connectivity index (χ3v) is 8.01. The molecule has 0 aliphatic carbocycles. The third kappa shape index (κ3) is 7.43. The van der Waals surface area contributed by atoms with Crippen molar-refractivity contribution in [3.05, 3.63) is 51.8 Å². The van der Waals surface area contributed by atoms with Crippen LogP contribution in [0, 0.1) is 12.7 Å². The van der Waals surface area contributed by atoms with E-state index in [1.807, 2.05) is 6.07 Å². The fraction of sp³-hybridized carbons (Fsp3) is 0.519. The van der Waals surface area contributed by atoms with Gasteiger partial charge in [-0.1, -0.05) is 29.8 Å². The van der Waals surface area contributed by atoms with Gasteiger partial charge in [0.15, 0.2) is 17.3 Å². The summed E-state index contributed by atoms with van der Waals surface area (Å²) in [5, 5.41) is 0.317. The molecule has 0 amide bonds. The van der Waals surface area contributed by atoms with Crippen LogP contribution in [-0.2, 0) is 17.2 Å². The minimum Gasteiger partial charge on any atom is -0.491 e. The summed E-state index contributed by atoms with van der Waals surface area (Å²) >= 11 is 6.55. The van der Waals surface area contributed by atoms with Gasteiger partial charge >= 0.3 is 0 Å². The van der Waals surface area contributed by atoms with Crippen molar-refractivity contribution in [2.45, 2.75) is 39.5 Å². The monoisotopic (exact) mass is 539 g/mol. The van der Waals surface area contributed by atoms with E-state index in [0.29, 0.717) is 76.5 Å². The first-order valence-corrected chi connectivity index (χ1v) is 14.2. The highest BCUT2D eigenvalue weighted by atomic mass is 35.5. The Kier molecular flexibility index (Phi) is 11.0. The van der Waals surface area contributed by atoms with Crippen LogP contribution in [-0.4, -0.2) is 66.4 Å². The maximum Gasteiger partial charge on any atom is 0.205 e. The molecule has 198 valence electrons. The zero-order valence-corrected chi connectivity index (χ0v) is 22.8. The fourth-order valence-corrected chi connectivity index (χ4v) is 5.68. The Bertz CT molecular complexity index is 1070. The van der Waals surface area contributed by atoms with Crippen molar-refractivity contribution < 1.29 is 27.6 Å². The first-order chi connectivity index (χ1) is 17.3. The molecular weight excluding hydrogens is 505 g/mol. The molecule has 0 spiro atoms. The molecule has 1 aliphatic heterocycles. The molecule has 0 aromatic heterocycles. The summed E-state index contributed by atoms with van der Waals surface area (Å²) in [6.07, 6.45) is 2.76. The van der Waals surface area contributed by atoms with Crippen molar-refractivity contribution in [3.8, 4) is 17.2 Å². The van der Waals surface area contributed by atoms with Crippen LogP contribution in [0.15, 0.2) is 24.3 Å². The molecule has 2 aromatic carbocycles. The summed E-state index contributed by atoms with van der Waals surface area (Å²) in [5.41, 5.74) is 1.65. The van der Waals surface area contributed by atoms with Gasteiger partial charge in [-0.2, -0.15) is 0 Å². The quantitative estimate of drug-likeness (QED) is 0.256. The molecule has 0 atom stereocenters. The van der Waals surface area contributed by atoms with Crippen LogP contribution in [0.3, 0.4) is 0 Å². The second-order valence-electron chi connectivity index (χ2n) is 8.85. The lowest BCUT2D eigenvalue weighted by Gasteiger charge is -2.26. The molecule has 0 radical (unpaired) electrons. The van der Waals surface area contributed by atoms with Gasteiger partial charge < -0.3 is 19.1 Å². The van der Waals surface area contributed by atoms with Crippen molar-refractivity contribution in [1.29, 1.82) is 0 Å². The zero-order chi connectivity index (χ0) is 26.1. The van der Waals surface area contributed by atoms with Crippen molar-refractivity contribution in [2.24, 2.45) is 0 Å². The van der Waals surface area contributed by atoms with E-state index < -0.39 is 10.8 Å². The molecule has 9 heteroatoms. The van der Waals surface area contributed by atoms with Gasteiger partial charge in [0.05, 0.1) is 30.9 Å². The molecule has 1 fully saturated rings. The Morgan fingerprint density at radius 1 is 1.06 bits per heavy atom. The van der Waals surface area contributed by atoms with Gasteiger partial charge in [-0.15, -0.1) is 0 Å². The molecule has 0 saturated carbocycles. The molecule has 0 unspecified atom stereocenters. The van der Waals surface area contributed by atoms with E-state index in [0.717, 1.165) is 32.5 Å². The third-order valence-electron chi connectivity index (χ3n) is 6.28. The molecule has 36 heavy (non-hydrogen) atoms. The van der Waals surface area contributed by atoms with Crippen LogP contribution < -0.4 is 14.2 Å². The first-order valence-electron chi connectivity index (χ1n) is 12.3. The first kappa shape index (κ1) is 28.4. The number of nitrogens with zero attached hydrogens (tertiary/aromatic N) is 1. The summed E-state index contributed by atoms with van der Waals surface area (Å²) in [4.78, 5) is 14.8. The van der Waals surface area contributed by atoms with Gasteiger partial charge in [0.1, 0.15) is 5.82 Å². The Balaban J connectivity index is 1.68. The molecule has 1 aliphatic rings. The number of carbonyl (C=O) groups excluding carboxylic acids is 1. The van der Waals surface area contributed by atoms with Crippen LogP contribution in [0.2, 0.25) is 5.02 Å². The molecule has 1 heterocycles. The van der Waals surface area contributed by atoms with E-state index in [4.69, 9.17) is 25.8 Å². The van der Waals surface area contributed by atoms with E-state index in [2.05, 4.69) is 4.90 Å². The Morgan fingerprint density at radius 3 is 2.39 bits per heavy atom. The number of ether oxygens (including phenoxy) is 3. The van der Waals surface area contributed by atoms with E-state index in [1.165, 1.54) is 20.1 Å². The van der Waals surface area contributed by atoms with Gasteiger partial charge in [0, 0.05) is 41.9 Å². The Morgan fingerprint density at radius 2 is 1.72 bits per heavy atom. The highest BCUT2D eigenvalue weighted by Gasteiger charge is 2.27. The van der Waals surface area contributed by atoms with Crippen LogP contribution in [0.1, 0.15) is 47.7 Å². The lowest BCUT2D eigenvalue weighted by atomic mass is 10.0. The molecule has 0 N–H and O–H groups in total. The van der Waals surface area contributed by atoms with Gasteiger partial charge in [-0.25, -0.2) is 4.39 Å². The number of methoxy groups -OCH3 is 1. The molecule has 2 aromatic rings. The van der Waals surface area contributed by atoms with Crippen LogP contribution in [0.4, 0.5) is 4.39 Å². The molecule has 6 nitrogen and oxygen atoms in total. The maximum atomic E-state index is 13.9. The lowest BCUT2D eigenvalue weighted by Crippen LogP contribution is -2.38. The van der Waals surface area contributed by atoms with Crippen molar-refractivity contribution in [3.63, 3.8) is 0 Å². The second kappa shape index (κ2) is 14.0. The minimum atomic E-state index is -0.707. The largest absolute Gasteiger partial charge is 0.491 e. The number of aryl methyl sites for hydroxylation is 1. The number of rotatable bonds is 13. The smallest absolute Gasteiger partial charge is 0.205 e. The lowest BCUT2D eigenvalue weighted by molar-refractivity contribution is 0.101. The summed E-state index contributed by atoms with van der Waals surface area (Å²) in [5.74, 6) is 2.03. The van der Waals surface area contributed by atoms with Gasteiger partial charge in [0.2, 0.25) is 5.75 Å². The molecule has 1 saturated heterocycles. The number of Topliss-reactive ketones (excluding diaryl/α,β-unsaturated/α-hetero) is 1. The zero-order valence-electron chi connectivity index (χ0n) is 21.2. The fourth-order valence-electron chi connectivity index (χ4n) is 4.30. The van der Waals surface area contributed by atoms with Crippen molar-refractivity contribution in [1.82, 2.24) is 4.90 Å². The Hall–Kier alpha value is -2.16. The van der Waals surface area contributed by atoms with Crippen molar-refractivity contribution >= 4 is 28.2 Å². The van der Waals surface area contributed by atoms with Crippen LogP contribution >= 0.6 is 11.6 Å². The van der Waals surface area contributed by atoms with Crippen LogP contribution in [0.25, 0.3) is 0 Å². The number of carbonyl (C=O) groups is 1. The summed E-state index contributed by atoms with van der Waals surface area (Å²) in [7, 11) is 0.796. The number of unbranched alkanes of at least 4 members (excludes halogenated alkanes) is 1. The maximum absolute atomic E-state index is 13.9. The number of halogens is 2. The SMILES string of the molecule is COc1c(Cl)c(C)c(C(C)=O)c(OCCCN2CCS(=O)CC2)c1OCCCCc1ccccc1F. The highest BCUT2D eigenvalue weighted by molar-refractivity contribution is 7.85. The number of hydrogen-bond acceptors (Lipinski definition) is 6. The Labute approximate surface area is 220 Å². The summed E-state index contributed by atoms with van der Waals surface area (Å²) in [6, 6.07) is 6.75. The molecule has 0 bridgehead atoms. The summed E-state index contributed by atoms with van der Waals surface area (Å²) < 4.78 is 43.2. The van der Waals surface area contributed by atoms with Gasteiger partial charge in [0.25, 0.3) is 0 Å². The number of ketones is 1. The average molecular weight is 540 g/mol. The predicted molar refractivity (Wildman–Crippen MR) is 142 cm³/mol. The standard InChI is InChI=1S/C27H35ClFNO5S/c1-19-23(20(2)31)25(34-16-8-12-30-13-17-36(32)18-14-30)27(26(33-3)24(19)28)35-15-7-6-10-21-9-4-5-11-22(21)29/h4-5,9,11H,6-8,10,12-18H2,1-3H3. The van der Waals surface area contributed by atoms with E-state index in [1.54, 1.807) is 19.1 Å². The summed E-state index contributed by atoms with van der Waals surface area (Å²) in [6.45, 7) is 6.42. The topological polar surface area (TPSA) is 65.1 Å². The van der Waals surface area contributed by atoms with Gasteiger partial charge in [-0.05, 0) is 56.7 Å². The van der Waals surface area contributed by atoms with Crippen molar-refractivity contribution in [2.75, 3.05) is 51.5 Å². The van der Waals surface area contributed by atoms with E-state index >= 15 is 0 Å². The van der Waals surface area contributed by atoms with E-state index in [-0.39, 0.29) is 11.6 Å². The molecular formula is C27H35ClFNO5S. The second-order valence-corrected chi connectivity index (χ2v) is 10.9. The predicted octanol–water partition coefficient (Wildman–Crippen LogP) is 5.23. The normalized spacial score (nSPS) is 14.6. The minimum absolute atomic E-state index is 0.171. The van der Waals surface area contributed by atoms with Gasteiger partial charge in [-0.3, -0.25) is 9.00 Å². The molecule has 3 rings (SSSR count). The number of hydrogen-bond donors (Lipinski definition) is 0. The highest BCUT2D eigenvalue weighted by Crippen LogP contribution is 2.48. The number of benzene rings is 2. The average Bonchev–Trinajstić information content (AvgIpc) is 2.86. The van der Waals surface area contributed by atoms with Crippen LogP contribution in [0.5, 0.6) is 17.2 Å². The van der Waals surface area contributed by atoms with E-state index in [9.17, 15) is 13.4 Å².